The van der Waals surface area contributed by atoms with E-state index in [-0.39, 0.29) is 18.6 Å². The van der Waals surface area contributed by atoms with Crippen LogP contribution in [0.4, 0.5) is 0 Å². The highest BCUT2D eigenvalue weighted by Gasteiger charge is 2.16. The van der Waals surface area contributed by atoms with Crippen LogP contribution in [0.1, 0.15) is 23.7 Å². The van der Waals surface area contributed by atoms with Crippen LogP contribution < -0.4 is 10.1 Å². The van der Waals surface area contributed by atoms with Crippen molar-refractivity contribution in [3.05, 3.63) is 29.8 Å². The van der Waals surface area contributed by atoms with Crippen molar-refractivity contribution in [1.29, 1.82) is 0 Å². The van der Waals surface area contributed by atoms with Gasteiger partial charge in [0.05, 0.1) is 24.8 Å². The number of aliphatic hydroxyl groups excluding tert-OH is 1. The summed E-state index contributed by atoms with van der Waals surface area (Å²) in [6.07, 6.45) is 0.455. The smallest absolute Gasteiger partial charge is 0.255 e. The number of carbonyl (C=O) groups is 1. The SMILES string of the molecule is CCOc1ccccc1C(=O)NC(CCO)COC. The number of aliphatic hydroxyl groups is 1. The van der Waals surface area contributed by atoms with Gasteiger partial charge >= 0.3 is 0 Å². The number of carbonyl (C=O) groups excluding carboxylic acids is 1. The van der Waals surface area contributed by atoms with Crippen LogP contribution in [0, 0.1) is 0 Å². The molecule has 1 rings (SSSR count). The molecule has 0 bridgehead atoms. The molecule has 19 heavy (non-hydrogen) atoms. The number of rotatable bonds is 8. The second kappa shape index (κ2) is 8.50. The second-order valence-electron chi connectivity index (χ2n) is 4.07. The van der Waals surface area contributed by atoms with Gasteiger partial charge in [-0.15, -0.1) is 0 Å². The summed E-state index contributed by atoms with van der Waals surface area (Å²) in [5.74, 6) is 0.335. The summed E-state index contributed by atoms with van der Waals surface area (Å²) in [4.78, 5) is 12.2. The first-order valence-electron chi connectivity index (χ1n) is 6.35. The Balaban J connectivity index is 2.75. The highest BCUT2D eigenvalue weighted by Crippen LogP contribution is 2.17. The number of hydrogen-bond acceptors (Lipinski definition) is 4. The Morgan fingerprint density at radius 3 is 2.79 bits per heavy atom. The molecule has 0 aliphatic carbocycles. The summed E-state index contributed by atoms with van der Waals surface area (Å²) in [5, 5.41) is 11.8. The molecule has 1 amide bonds. The van der Waals surface area contributed by atoms with Crippen LogP contribution in [0.5, 0.6) is 5.75 Å². The van der Waals surface area contributed by atoms with Gasteiger partial charge in [-0.2, -0.15) is 0 Å². The monoisotopic (exact) mass is 267 g/mol. The maximum atomic E-state index is 12.2. The Kier molecular flexibility index (Phi) is 6.92. The van der Waals surface area contributed by atoms with Crippen LogP contribution >= 0.6 is 0 Å². The van der Waals surface area contributed by atoms with Gasteiger partial charge in [0.15, 0.2) is 0 Å². The molecular formula is C14H21NO4. The molecule has 1 aromatic carbocycles. The molecule has 0 aliphatic rings. The Labute approximate surface area is 113 Å². The third kappa shape index (κ3) is 4.89. The van der Waals surface area contributed by atoms with Gasteiger partial charge in [-0.25, -0.2) is 0 Å². The van der Waals surface area contributed by atoms with E-state index in [1.54, 1.807) is 25.3 Å². The van der Waals surface area contributed by atoms with E-state index in [1.165, 1.54) is 0 Å². The zero-order valence-electron chi connectivity index (χ0n) is 11.4. The fourth-order valence-corrected chi connectivity index (χ4v) is 1.75. The van der Waals surface area contributed by atoms with E-state index >= 15 is 0 Å². The molecule has 0 radical (unpaired) electrons. The van der Waals surface area contributed by atoms with Gasteiger partial charge in [-0.3, -0.25) is 4.79 Å². The summed E-state index contributed by atoms with van der Waals surface area (Å²) >= 11 is 0. The lowest BCUT2D eigenvalue weighted by Crippen LogP contribution is -2.38. The highest BCUT2D eigenvalue weighted by atomic mass is 16.5. The highest BCUT2D eigenvalue weighted by molar-refractivity contribution is 5.97. The standard InChI is InChI=1S/C14H21NO4/c1-3-19-13-7-5-4-6-12(13)14(17)15-11(8-9-16)10-18-2/h4-7,11,16H,3,8-10H2,1-2H3,(H,15,17). The van der Waals surface area contributed by atoms with Crippen LogP contribution in [0.25, 0.3) is 0 Å². The molecule has 0 saturated carbocycles. The molecule has 2 N–H and O–H groups in total. The molecule has 1 unspecified atom stereocenters. The molecule has 5 nitrogen and oxygen atoms in total. The number of methoxy groups -OCH3 is 1. The second-order valence-corrected chi connectivity index (χ2v) is 4.07. The lowest BCUT2D eigenvalue weighted by atomic mass is 10.1. The molecule has 0 spiro atoms. The molecule has 1 aromatic rings. The molecule has 0 aliphatic heterocycles. The number of hydrogen-bond donors (Lipinski definition) is 2. The number of benzene rings is 1. The fourth-order valence-electron chi connectivity index (χ4n) is 1.75. The minimum absolute atomic E-state index is 0.00140. The van der Waals surface area contributed by atoms with Gasteiger partial charge < -0.3 is 19.9 Å². The quantitative estimate of drug-likeness (QED) is 0.743. The first-order chi connectivity index (χ1) is 9.22. The number of amides is 1. The maximum absolute atomic E-state index is 12.2. The summed E-state index contributed by atoms with van der Waals surface area (Å²) in [7, 11) is 1.56. The molecule has 0 heterocycles. The first-order valence-corrected chi connectivity index (χ1v) is 6.35. The van der Waals surface area contributed by atoms with Crippen molar-refractivity contribution in [3.63, 3.8) is 0 Å². The van der Waals surface area contributed by atoms with Crippen LogP contribution in [-0.4, -0.2) is 44.0 Å². The Hall–Kier alpha value is -1.59. The molecule has 1 atom stereocenters. The van der Waals surface area contributed by atoms with Crippen molar-refractivity contribution in [1.82, 2.24) is 5.32 Å². The molecule has 0 aromatic heterocycles. The van der Waals surface area contributed by atoms with Gasteiger partial charge in [0.25, 0.3) is 5.91 Å². The number of para-hydroxylation sites is 1. The van der Waals surface area contributed by atoms with E-state index in [0.717, 1.165) is 0 Å². The van der Waals surface area contributed by atoms with E-state index in [0.29, 0.717) is 30.9 Å². The van der Waals surface area contributed by atoms with Crippen molar-refractivity contribution in [2.45, 2.75) is 19.4 Å². The fraction of sp³-hybridized carbons (Fsp3) is 0.500. The topological polar surface area (TPSA) is 67.8 Å². The van der Waals surface area contributed by atoms with Gasteiger partial charge in [-0.1, -0.05) is 12.1 Å². The lowest BCUT2D eigenvalue weighted by Gasteiger charge is -2.18. The average molecular weight is 267 g/mol. The maximum Gasteiger partial charge on any atom is 0.255 e. The van der Waals surface area contributed by atoms with Crippen LogP contribution in [-0.2, 0) is 4.74 Å². The van der Waals surface area contributed by atoms with E-state index in [9.17, 15) is 4.79 Å². The normalized spacial score (nSPS) is 11.9. The zero-order chi connectivity index (χ0) is 14.1. The molecule has 0 saturated heterocycles. The molecule has 106 valence electrons. The van der Waals surface area contributed by atoms with E-state index in [1.807, 2.05) is 13.0 Å². The van der Waals surface area contributed by atoms with Gasteiger partial charge in [-0.05, 0) is 25.5 Å². The van der Waals surface area contributed by atoms with Crippen molar-refractivity contribution >= 4 is 5.91 Å². The Bertz CT molecular complexity index is 389. The zero-order valence-corrected chi connectivity index (χ0v) is 11.4. The van der Waals surface area contributed by atoms with Crippen molar-refractivity contribution in [2.75, 3.05) is 26.9 Å². The summed E-state index contributed by atoms with van der Waals surface area (Å²) < 4.78 is 10.4. The average Bonchev–Trinajstić information content (AvgIpc) is 2.40. The molecule has 0 fully saturated rings. The number of ether oxygens (including phenoxy) is 2. The van der Waals surface area contributed by atoms with E-state index in [4.69, 9.17) is 14.6 Å². The summed E-state index contributed by atoms with van der Waals surface area (Å²) in [5.41, 5.74) is 0.489. The van der Waals surface area contributed by atoms with E-state index in [2.05, 4.69) is 5.32 Å². The summed E-state index contributed by atoms with van der Waals surface area (Å²) in [6, 6.07) is 6.87. The minimum atomic E-state index is -0.223. The minimum Gasteiger partial charge on any atom is -0.493 e. The first kappa shape index (κ1) is 15.5. The predicted molar refractivity (Wildman–Crippen MR) is 72.4 cm³/mol. The van der Waals surface area contributed by atoms with Crippen molar-refractivity contribution in [2.24, 2.45) is 0 Å². The Morgan fingerprint density at radius 2 is 2.16 bits per heavy atom. The largest absolute Gasteiger partial charge is 0.493 e. The summed E-state index contributed by atoms with van der Waals surface area (Å²) in [6.45, 7) is 2.74. The molecular weight excluding hydrogens is 246 g/mol. The van der Waals surface area contributed by atoms with Crippen LogP contribution in [0.2, 0.25) is 0 Å². The lowest BCUT2D eigenvalue weighted by molar-refractivity contribution is 0.0875. The van der Waals surface area contributed by atoms with Gasteiger partial charge in [0, 0.05) is 13.7 Å². The van der Waals surface area contributed by atoms with E-state index < -0.39 is 0 Å². The predicted octanol–water partition coefficient (Wildman–Crippen LogP) is 1.21. The van der Waals surface area contributed by atoms with Crippen LogP contribution in [0.15, 0.2) is 24.3 Å². The molecule has 5 heteroatoms. The Morgan fingerprint density at radius 1 is 1.42 bits per heavy atom. The van der Waals surface area contributed by atoms with Gasteiger partial charge in [0.1, 0.15) is 5.75 Å². The van der Waals surface area contributed by atoms with Gasteiger partial charge in [0.2, 0.25) is 0 Å². The van der Waals surface area contributed by atoms with Crippen molar-refractivity contribution < 1.29 is 19.4 Å². The number of nitrogens with one attached hydrogen (secondary N) is 1. The third-order valence-electron chi connectivity index (χ3n) is 2.61. The van der Waals surface area contributed by atoms with Crippen molar-refractivity contribution in [3.8, 4) is 5.75 Å². The third-order valence-corrected chi connectivity index (χ3v) is 2.61. The van der Waals surface area contributed by atoms with Crippen LogP contribution in [0.3, 0.4) is 0 Å².